The molecule has 0 atom stereocenters. The zero-order valence-electron chi connectivity index (χ0n) is 9.86. The highest BCUT2D eigenvalue weighted by molar-refractivity contribution is 5.44. The standard InChI is InChI=1S/C12H15N3O2/c1-16-11-4-3-9(12(5-11)17-2)6-13-10-7-14-15-8-10/h3-5,7-8,13H,6H2,1-2H3,(H,14,15). The van der Waals surface area contributed by atoms with Crippen molar-refractivity contribution < 1.29 is 9.47 Å². The first-order valence-corrected chi connectivity index (χ1v) is 5.27. The molecular formula is C12H15N3O2. The fourth-order valence-electron chi connectivity index (χ4n) is 1.54. The van der Waals surface area contributed by atoms with Crippen molar-refractivity contribution in [2.45, 2.75) is 6.54 Å². The topological polar surface area (TPSA) is 59.2 Å². The molecule has 0 saturated heterocycles. The maximum Gasteiger partial charge on any atom is 0.127 e. The molecule has 90 valence electrons. The van der Waals surface area contributed by atoms with Crippen molar-refractivity contribution in [2.24, 2.45) is 0 Å². The van der Waals surface area contributed by atoms with E-state index in [1.807, 2.05) is 18.2 Å². The zero-order chi connectivity index (χ0) is 12.1. The molecule has 1 heterocycles. The molecule has 5 nitrogen and oxygen atoms in total. The highest BCUT2D eigenvalue weighted by atomic mass is 16.5. The van der Waals surface area contributed by atoms with Gasteiger partial charge >= 0.3 is 0 Å². The number of hydrogen-bond acceptors (Lipinski definition) is 4. The Morgan fingerprint density at radius 3 is 2.82 bits per heavy atom. The number of methoxy groups -OCH3 is 2. The number of H-pyrrole nitrogens is 1. The van der Waals surface area contributed by atoms with Gasteiger partial charge in [-0.15, -0.1) is 0 Å². The van der Waals surface area contributed by atoms with Gasteiger partial charge in [0.15, 0.2) is 0 Å². The molecule has 0 bridgehead atoms. The number of aromatic nitrogens is 2. The molecule has 1 aromatic heterocycles. The number of rotatable bonds is 5. The maximum atomic E-state index is 5.31. The van der Waals surface area contributed by atoms with Crippen LogP contribution in [0.1, 0.15) is 5.56 Å². The molecule has 2 rings (SSSR count). The Morgan fingerprint density at radius 1 is 1.29 bits per heavy atom. The van der Waals surface area contributed by atoms with E-state index in [1.165, 1.54) is 0 Å². The molecule has 0 unspecified atom stereocenters. The first kappa shape index (κ1) is 11.3. The summed E-state index contributed by atoms with van der Waals surface area (Å²) < 4.78 is 10.5. The highest BCUT2D eigenvalue weighted by Crippen LogP contribution is 2.25. The average molecular weight is 233 g/mol. The summed E-state index contributed by atoms with van der Waals surface area (Å²) in [6.07, 6.45) is 3.53. The van der Waals surface area contributed by atoms with Crippen molar-refractivity contribution in [3.05, 3.63) is 36.2 Å². The molecule has 0 amide bonds. The summed E-state index contributed by atoms with van der Waals surface area (Å²) in [6, 6.07) is 5.76. The number of nitrogens with one attached hydrogen (secondary N) is 2. The van der Waals surface area contributed by atoms with Crippen LogP contribution in [0.2, 0.25) is 0 Å². The van der Waals surface area contributed by atoms with Crippen LogP contribution in [-0.4, -0.2) is 24.4 Å². The summed E-state index contributed by atoms with van der Waals surface area (Å²) >= 11 is 0. The van der Waals surface area contributed by atoms with Gasteiger partial charge in [0.1, 0.15) is 11.5 Å². The Hall–Kier alpha value is -2.17. The van der Waals surface area contributed by atoms with E-state index < -0.39 is 0 Å². The summed E-state index contributed by atoms with van der Waals surface area (Å²) in [5.41, 5.74) is 2.01. The number of ether oxygens (including phenoxy) is 2. The van der Waals surface area contributed by atoms with Crippen LogP contribution in [0.15, 0.2) is 30.6 Å². The molecule has 0 radical (unpaired) electrons. The van der Waals surface area contributed by atoms with Crippen LogP contribution in [0.5, 0.6) is 11.5 Å². The van der Waals surface area contributed by atoms with Crippen LogP contribution in [0.25, 0.3) is 0 Å². The van der Waals surface area contributed by atoms with E-state index in [9.17, 15) is 0 Å². The molecule has 0 aliphatic heterocycles. The smallest absolute Gasteiger partial charge is 0.127 e. The second-order valence-corrected chi connectivity index (χ2v) is 3.52. The van der Waals surface area contributed by atoms with Gasteiger partial charge in [-0.1, -0.05) is 0 Å². The Labute approximate surface area is 99.8 Å². The highest BCUT2D eigenvalue weighted by Gasteiger charge is 2.04. The molecule has 0 aliphatic carbocycles. The maximum absolute atomic E-state index is 5.31. The number of benzene rings is 1. The van der Waals surface area contributed by atoms with E-state index in [0.717, 1.165) is 22.7 Å². The Morgan fingerprint density at radius 2 is 2.18 bits per heavy atom. The van der Waals surface area contributed by atoms with E-state index >= 15 is 0 Å². The summed E-state index contributed by atoms with van der Waals surface area (Å²) in [5, 5.41) is 9.85. The molecule has 1 aromatic carbocycles. The fourth-order valence-corrected chi connectivity index (χ4v) is 1.54. The first-order valence-electron chi connectivity index (χ1n) is 5.27. The van der Waals surface area contributed by atoms with Gasteiger partial charge in [0.2, 0.25) is 0 Å². The van der Waals surface area contributed by atoms with Crippen molar-refractivity contribution in [2.75, 3.05) is 19.5 Å². The van der Waals surface area contributed by atoms with Crippen LogP contribution in [0.4, 0.5) is 5.69 Å². The number of hydrogen-bond donors (Lipinski definition) is 2. The van der Waals surface area contributed by atoms with Gasteiger partial charge in [0, 0.05) is 24.4 Å². The van der Waals surface area contributed by atoms with Crippen LogP contribution in [0, 0.1) is 0 Å². The Kier molecular flexibility index (Phi) is 3.49. The van der Waals surface area contributed by atoms with Gasteiger partial charge in [-0.3, -0.25) is 5.10 Å². The third-order valence-electron chi connectivity index (χ3n) is 2.48. The largest absolute Gasteiger partial charge is 0.497 e. The van der Waals surface area contributed by atoms with Crippen molar-refractivity contribution >= 4 is 5.69 Å². The van der Waals surface area contributed by atoms with Gasteiger partial charge in [-0.05, 0) is 12.1 Å². The van der Waals surface area contributed by atoms with Crippen molar-refractivity contribution in [3.63, 3.8) is 0 Å². The van der Waals surface area contributed by atoms with Crippen molar-refractivity contribution in [1.29, 1.82) is 0 Å². The molecule has 0 aliphatic rings. The predicted octanol–water partition coefficient (Wildman–Crippen LogP) is 2.04. The molecule has 0 fully saturated rings. The van der Waals surface area contributed by atoms with Crippen LogP contribution in [-0.2, 0) is 6.54 Å². The third-order valence-corrected chi connectivity index (χ3v) is 2.48. The minimum absolute atomic E-state index is 0.673. The molecular weight excluding hydrogens is 218 g/mol. The van der Waals surface area contributed by atoms with Gasteiger partial charge in [-0.2, -0.15) is 5.10 Å². The van der Waals surface area contributed by atoms with Gasteiger partial charge < -0.3 is 14.8 Å². The number of anilines is 1. The predicted molar refractivity (Wildman–Crippen MR) is 65.5 cm³/mol. The van der Waals surface area contributed by atoms with E-state index in [4.69, 9.17) is 9.47 Å². The van der Waals surface area contributed by atoms with Crippen molar-refractivity contribution in [1.82, 2.24) is 10.2 Å². The SMILES string of the molecule is COc1ccc(CNc2cn[nH]c2)c(OC)c1. The lowest BCUT2D eigenvalue weighted by Crippen LogP contribution is -2.01. The number of nitrogens with zero attached hydrogens (tertiary/aromatic N) is 1. The van der Waals surface area contributed by atoms with Crippen LogP contribution < -0.4 is 14.8 Å². The average Bonchev–Trinajstić information content (AvgIpc) is 2.89. The van der Waals surface area contributed by atoms with E-state index in [0.29, 0.717) is 6.54 Å². The van der Waals surface area contributed by atoms with Gasteiger partial charge in [0.25, 0.3) is 0 Å². The lowest BCUT2D eigenvalue weighted by molar-refractivity contribution is 0.391. The second-order valence-electron chi connectivity index (χ2n) is 3.52. The second kappa shape index (κ2) is 5.25. The summed E-state index contributed by atoms with van der Waals surface area (Å²) in [6.45, 7) is 0.673. The lowest BCUT2D eigenvalue weighted by Gasteiger charge is -2.10. The van der Waals surface area contributed by atoms with Crippen molar-refractivity contribution in [3.8, 4) is 11.5 Å². The fraction of sp³-hybridized carbons (Fsp3) is 0.250. The molecule has 0 spiro atoms. The summed E-state index contributed by atoms with van der Waals surface area (Å²) in [4.78, 5) is 0. The Bertz CT molecular complexity index is 469. The molecule has 2 aromatic rings. The Balaban J connectivity index is 2.09. The lowest BCUT2D eigenvalue weighted by atomic mass is 10.2. The van der Waals surface area contributed by atoms with E-state index in [-0.39, 0.29) is 0 Å². The first-order chi connectivity index (χ1) is 8.33. The van der Waals surface area contributed by atoms with Gasteiger partial charge in [-0.25, -0.2) is 0 Å². The third kappa shape index (κ3) is 2.69. The van der Waals surface area contributed by atoms with E-state index in [2.05, 4.69) is 15.5 Å². The molecule has 2 N–H and O–H groups in total. The van der Waals surface area contributed by atoms with Gasteiger partial charge in [0.05, 0.1) is 26.1 Å². The summed E-state index contributed by atoms with van der Waals surface area (Å²) in [5.74, 6) is 1.59. The van der Waals surface area contributed by atoms with Crippen LogP contribution in [0.3, 0.4) is 0 Å². The minimum Gasteiger partial charge on any atom is -0.497 e. The molecule has 5 heteroatoms. The van der Waals surface area contributed by atoms with E-state index in [1.54, 1.807) is 26.6 Å². The number of aromatic amines is 1. The molecule has 17 heavy (non-hydrogen) atoms. The van der Waals surface area contributed by atoms with Crippen LogP contribution >= 0.6 is 0 Å². The molecule has 0 saturated carbocycles. The minimum atomic E-state index is 0.673. The quantitative estimate of drug-likeness (QED) is 0.829. The monoisotopic (exact) mass is 233 g/mol. The zero-order valence-corrected chi connectivity index (χ0v) is 9.86. The summed E-state index contributed by atoms with van der Waals surface area (Å²) in [7, 11) is 3.29. The normalized spacial score (nSPS) is 10.0.